The molecule has 6 nitrogen and oxygen atoms in total. The van der Waals surface area contributed by atoms with Gasteiger partial charge < -0.3 is 20.3 Å². The number of likely N-dealkylation sites (N-methyl/N-ethyl adjacent to an activating group) is 1. The van der Waals surface area contributed by atoms with Crippen LogP contribution in [0.15, 0.2) is 22.5 Å². The Kier molecular flexibility index (Phi) is 9.25. The van der Waals surface area contributed by atoms with Crippen molar-refractivity contribution in [2.24, 2.45) is 4.99 Å². The van der Waals surface area contributed by atoms with Gasteiger partial charge in [-0.15, -0.1) is 11.3 Å². The summed E-state index contributed by atoms with van der Waals surface area (Å²) in [6, 6.07) is 4.16. The Hall–Kier alpha value is -1.60. The van der Waals surface area contributed by atoms with E-state index in [2.05, 4.69) is 27.1 Å². The first-order chi connectivity index (χ1) is 10.6. The third kappa shape index (κ3) is 7.99. The summed E-state index contributed by atoms with van der Waals surface area (Å²) in [4.78, 5) is 18.8. The fourth-order valence-corrected chi connectivity index (χ4v) is 2.32. The molecular weight excluding hydrogens is 300 g/mol. The van der Waals surface area contributed by atoms with Crippen LogP contribution in [0.25, 0.3) is 0 Å². The minimum absolute atomic E-state index is 0.0239. The zero-order valence-electron chi connectivity index (χ0n) is 13.6. The lowest BCUT2D eigenvalue weighted by Gasteiger charge is -2.13. The molecule has 0 aliphatic carbocycles. The molecule has 7 heteroatoms. The van der Waals surface area contributed by atoms with Crippen LogP contribution in [-0.2, 0) is 16.0 Å². The zero-order chi connectivity index (χ0) is 16.2. The van der Waals surface area contributed by atoms with Crippen LogP contribution in [0.4, 0.5) is 0 Å². The van der Waals surface area contributed by atoms with Crippen LogP contribution in [0.5, 0.6) is 0 Å². The molecule has 2 N–H and O–H groups in total. The molecule has 0 aliphatic rings. The Labute approximate surface area is 136 Å². The molecule has 0 atom stereocenters. The molecule has 0 unspecified atom stereocenters. The van der Waals surface area contributed by atoms with E-state index in [0.29, 0.717) is 25.7 Å². The SMILES string of the molecule is CCOCCNC(=NCC(=O)N(C)C)NCCc1cccs1. The van der Waals surface area contributed by atoms with Gasteiger partial charge in [-0.25, -0.2) is 4.99 Å². The van der Waals surface area contributed by atoms with E-state index in [9.17, 15) is 4.79 Å². The second kappa shape index (κ2) is 11.0. The average Bonchev–Trinajstić information content (AvgIpc) is 3.01. The third-order valence-corrected chi connectivity index (χ3v) is 3.79. The molecule has 22 heavy (non-hydrogen) atoms. The highest BCUT2D eigenvalue weighted by Crippen LogP contribution is 2.07. The first-order valence-electron chi connectivity index (χ1n) is 7.46. The van der Waals surface area contributed by atoms with Gasteiger partial charge in [0, 0.05) is 38.7 Å². The first-order valence-corrected chi connectivity index (χ1v) is 8.34. The summed E-state index contributed by atoms with van der Waals surface area (Å²) in [7, 11) is 3.45. The maximum absolute atomic E-state index is 11.6. The van der Waals surface area contributed by atoms with Gasteiger partial charge in [0.25, 0.3) is 0 Å². The van der Waals surface area contributed by atoms with Crippen molar-refractivity contribution in [3.8, 4) is 0 Å². The molecule has 1 heterocycles. The van der Waals surface area contributed by atoms with E-state index in [0.717, 1.165) is 13.0 Å². The monoisotopic (exact) mass is 326 g/mol. The van der Waals surface area contributed by atoms with Gasteiger partial charge in [0.05, 0.1) is 6.61 Å². The van der Waals surface area contributed by atoms with Crippen LogP contribution in [0.1, 0.15) is 11.8 Å². The Balaban J connectivity index is 2.41. The van der Waals surface area contributed by atoms with E-state index in [-0.39, 0.29) is 12.5 Å². The number of carbonyl (C=O) groups is 1. The fourth-order valence-electron chi connectivity index (χ4n) is 1.61. The van der Waals surface area contributed by atoms with E-state index in [1.807, 2.05) is 13.0 Å². The average molecular weight is 326 g/mol. The lowest BCUT2D eigenvalue weighted by molar-refractivity contribution is -0.127. The molecule has 124 valence electrons. The van der Waals surface area contributed by atoms with Crippen LogP contribution in [0, 0.1) is 0 Å². The Morgan fingerprint density at radius 2 is 2.14 bits per heavy atom. The summed E-state index contributed by atoms with van der Waals surface area (Å²) in [6.07, 6.45) is 0.936. The highest BCUT2D eigenvalue weighted by Gasteiger charge is 2.04. The van der Waals surface area contributed by atoms with Crippen LogP contribution in [0.3, 0.4) is 0 Å². The number of hydrogen-bond acceptors (Lipinski definition) is 4. The van der Waals surface area contributed by atoms with Gasteiger partial charge in [0.2, 0.25) is 5.91 Å². The highest BCUT2D eigenvalue weighted by atomic mass is 32.1. The third-order valence-electron chi connectivity index (χ3n) is 2.86. The van der Waals surface area contributed by atoms with Gasteiger partial charge in [-0.2, -0.15) is 0 Å². The van der Waals surface area contributed by atoms with Gasteiger partial charge in [0.1, 0.15) is 6.54 Å². The molecule has 0 saturated carbocycles. The topological polar surface area (TPSA) is 66.0 Å². The maximum Gasteiger partial charge on any atom is 0.243 e. The molecule has 1 rings (SSSR count). The predicted octanol–water partition coefficient (Wildman–Crippen LogP) is 0.951. The quantitative estimate of drug-likeness (QED) is 0.403. The van der Waals surface area contributed by atoms with Crippen molar-refractivity contribution >= 4 is 23.2 Å². The van der Waals surface area contributed by atoms with Crippen LogP contribution in [-0.4, -0.2) is 63.7 Å². The van der Waals surface area contributed by atoms with Gasteiger partial charge >= 0.3 is 0 Å². The number of aliphatic imine (C=N–C) groups is 1. The van der Waals surface area contributed by atoms with Gasteiger partial charge in [-0.3, -0.25) is 4.79 Å². The number of nitrogens with one attached hydrogen (secondary N) is 2. The first kappa shape index (κ1) is 18.4. The van der Waals surface area contributed by atoms with Crippen molar-refractivity contribution in [3.63, 3.8) is 0 Å². The van der Waals surface area contributed by atoms with Gasteiger partial charge in [0.15, 0.2) is 5.96 Å². The van der Waals surface area contributed by atoms with Crippen molar-refractivity contribution in [3.05, 3.63) is 22.4 Å². The smallest absolute Gasteiger partial charge is 0.243 e. The lowest BCUT2D eigenvalue weighted by atomic mass is 10.3. The largest absolute Gasteiger partial charge is 0.380 e. The zero-order valence-corrected chi connectivity index (χ0v) is 14.4. The number of thiophene rings is 1. The minimum atomic E-state index is -0.0239. The molecule has 1 aromatic heterocycles. The number of rotatable bonds is 9. The Bertz CT molecular complexity index is 446. The van der Waals surface area contributed by atoms with E-state index >= 15 is 0 Å². The molecule has 0 fully saturated rings. The van der Waals surface area contributed by atoms with Gasteiger partial charge in [-0.05, 0) is 24.8 Å². The predicted molar refractivity (Wildman–Crippen MR) is 91.5 cm³/mol. The summed E-state index contributed by atoms with van der Waals surface area (Å²) < 4.78 is 5.29. The Morgan fingerprint density at radius 3 is 2.77 bits per heavy atom. The summed E-state index contributed by atoms with van der Waals surface area (Å²) >= 11 is 1.74. The van der Waals surface area contributed by atoms with E-state index in [4.69, 9.17) is 4.74 Å². The standard InChI is InChI=1S/C15H26N4O2S/c1-4-21-10-9-17-15(18-12-14(20)19(2)3)16-8-7-13-6-5-11-22-13/h5-6,11H,4,7-10,12H2,1-3H3,(H2,16,17,18). The summed E-state index contributed by atoms with van der Waals surface area (Å²) in [5.74, 6) is 0.621. The maximum atomic E-state index is 11.6. The second-order valence-electron chi connectivity index (χ2n) is 4.83. The molecule has 0 bridgehead atoms. The number of amides is 1. The van der Waals surface area contributed by atoms with E-state index < -0.39 is 0 Å². The van der Waals surface area contributed by atoms with Crippen LogP contribution >= 0.6 is 11.3 Å². The second-order valence-corrected chi connectivity index (χ2v) is 5.87. The summed E-state index contributed by atoms with van der Waals surface area (Å²) in [5, 5.41) is 8.49. The summed E-state index contributed by atoms with van der Waals surface area (Å²) in [6.45, 7) is 4.84. The number of guanidine groups is 1. The van der Waals surface area contributed by atoms with Crippen molar-refractivity contribution in [2.75, 3.05) is 46.9 Å². The van der Waals surface area contributed by atoms with Gasteiger partial charge in [-0.1, -0.05) is 6.07 Å². The van der Waals surface area contributed by atoms with Crippen molar-refractivity contribution in [2.45, 2.75) is 13.3 Å². The number of ether oxygens (including phenoxy) is 1. The molecular formula is C15H26N4O2S. The molecule has 1 aromatic rings. The lowest BCUT2D eigenvalue weighted by Crippen LogP contribution is -2.40. The molecule has 0 spiro atoms. The summed E-state index contributed by atoms with van der Waals surface area (Å²) in [5.41, 5.74) is 0. The van der Waals surface area contributed by atoms with Crippen LogP contribution < -0.4 is 10.6 Å². The normalized spacial score (nSPS) is 11.3. The number of hydrogen-bond donors (Lipinski definition) is 2. The minimum Gasteiger partial charge on any atom is -0.380 e. The van der Waals surface area contributed by atoms with Crippen molar-refractivity contribution in [1.82, 2.24) is 15.5 Å². The molecule has 0 saturated heterocycles. The number of nitrogens with zero attached hydrogens (tertiary/aromatic N) is 2. The van der Waals surface area contributed by atoms with E-state index in [1.54, 1.807) is 25.4 Å². The highest BCUT2D eigenvalue weighted by molar-refractivity contribution is 7.09. The van der Waals surface area contributed by atoms with Crippen molar-refractivity contribution in [1.29, 1.82) is 0 Å². The fraction of sp³-hybridized carbons (Fsp3) is 0.600. The van der Waals surface area contributed by atoms with Crippen LogP contribution in [0.2, 0.25) is 0 Å². The van der Waals surface area contributed by atoms with E-state index in [1.165, 1.54) is 9.78 Å². The van der Waals surface area contributed by atoms with Crippen molar-refractivity contribution < 1.29 is 9.53 Å². The number of carbonyl (C=O) groups excluding carboxylic acids is 1. The molecule has 0 radical (unpaired) electrons. The molecule has 0 aliphatic heterocycles. The Morgan fingerprint density at radius 1 is 1.36 bits per heavy atom. The molecule has 0 aromatic carbocycles. The molecule has 1 amide bonds.